The zero-order chi connectivity index (χ0) is 10.8. The molecule has 1 saturated carbocycles. The number of carbonyl (C=O) groups is 1. The van der Waals surface area contributed by atoms with Crippen LogP contribution < -0.4 is 11.1 Å². The van der Waals surface area contributed by atoms with Gasteiger partial charge in [-0.2, -0.15) is 0 Å². The minimum Gasteiger partial charge on any atom is -0.348 e. The minimum atomic E-state index is 0. The standard InChI is InChI=1S/C11H16N2OS.ClH/c1-7(6-12)13-11(14)10-9(4-5-15-10)8-2-3-8;/h4-5,7-8H,2-3,6,12H2,1H3,(H,13,14);1H/t7-;/m0./s1. The van der Waals surface area contributed by atoms with Crippen LogP contribution in [-0.4, -0.2) is 18.5 Å². The SMILES string of the molecule is C[C@@H](CN)NC(=O)c1sccc1C1CC1.Cl. The second kappa shape index (κ2) is 5.66. The summed E-state index contributed by atoms with van der Waals surface area (Å²) in [6, 6.07) is 2.12. The summed E-state index contributed by atoms with van der Waals surface area (Å²) in [5.74, 6) is 0.662. The first-order chi connectivity index (χ1) is 7.22. The van der Waals surface area contributed by atoms with Crippen LogP contribution in [0.5, 0.6) is 0 Å². The molecule has 1 aliphatic carbocycles. The Morgan fingerprint density at radius 1 is 1.69 bits per heavy atom. The molecule has 0 aliphatic heterocycles. The van der Waals surface area contributed by atoms with Crippen LogP contribution in [0.2, 0.25) is 0 Å². The van der Waals surface area contributed by atoms with E-state index in [1.807, 2.05) is 12.3 Å². The molecular weight excluding hydrogens is 244 g/mol. The van der Waals surface area contributed by atoms with E-state index in [4.69, 9.17) is 5.73 Å². The average molecular weight is 261 g/mol. The number of carbonyl (C=O) groups excluding carboxylic acids is 1. The van der Waals surface area contributed by atoms with Crippen molar-refractivity contribution >= 4 is 29.7 Å². The maximum atomic E-state index is 11.9. The number of nitrogens with two attached hydrogens (primary N) is 1. The van der Waals surface area contributed by atoms with Gasteiger partial charge in [0.15, 0.2) is 0 Å². The molecule has 1 fully saturated rings. The quantitative estimate of drug-likeness (QED) is 0.871. The van der Waals surface area contributed by atoms with Crippen molar-refractivity contribution in [3.63, 3.8) is 0 Å². The molecule has 1 atom stereocenters. The predicted octanol–water partition coefficient (Wildman–Crippen LogP) is 2.12. The van der Waals surface area contributed by atoms with Crippen molar-refractivity contribution in [3.8, 4) is 0 Å². The van der Waals surface area contributed by atoms with E-state index in [1.165, 1.54) is 29.7 Å². The predicted molar refractivity (Wildman–Crippen MR) is 69.5 cm³/mol. The van der Waals surface area contributed by atoms with Crippen LogP contribution >= 0.6 is 23.7 Å². The molecule has 0 aromatic carbocycles. The molecule has 0 bridgehead atoms. The van der Waals surface area contributed by atoms with E-state index in [1.54, 1.807) is 0 Å². The summed E-state index contributed by atoms with van der Waals surface area (Å²) in [4.78, 5) is 12.7. The van der Waals surface area contributed by atoms with Crippen molar-refractivity contribution in [2.45, 2.75) is 31.7 Å². The van der Waals surface area contributed by atoms with Gasteiger partial charge < -0.3 is 11.1 Å². The maximum absolute atomic E-state index is 11.9. The summed E-state index contributed by atoms with van der Waals surface area (Å²) in [5.41, 5.74) is 6.70. The summed E-state index contributed by atoms with van der Waals surface area (Å²) in [6.45, 7) is 2.40. The Kier molecular flexibility index (Phi) is 4.77. The second-order valence-electron chi connectivity index (χ2n) is 4.09. The zero-order valence-corrected chi connectivity index (χ0v) is 10.9. The van der Waals surface area contributed by atoms with Gasteiger partial charge in [0.25, 0.3) is 5.91 Å². The number of amides is 1. The highest BCUT2D eigenvalue weighted by Gasteiger charge is 2.29. The topological polar surface area (TPSA) is 55.1 Å². The highest BCUT2D eigenvalue weighted by Crippen LogP contribution is 2.43. The fourth-order valence-corrected chi connectivity index (χ4v) is 2.46. The highest BCUT2D eigenvalue weighted by atomic mass is 35.5. The average Bonchev–Trinajstić information content (AvgIpc) is 2.95. The van der Waals surface area contributed by atoms with E-state index in [2.05, 4.69) is 11.4 Å². The van der Waals surface area contributed by atoms with Crippen molar-refractivity contribution in [3.05, 3.63) is 21.9 Å². The molecule has 16 heavy (non-hydrogen) atoms. The van der Waals surface area contributed by atoms with Gasteiger partial charge in [-0.1, -0.05) is 0 Å². The number of hydrogen-bond donors (Lipinski definition) is 2. The summed E-state index contributed by atoms with van der Waals surface area (Å²) in [6.07, 6.45) is 2.45. The third-order valence-corrected chi connectivity index (χ3v) is 3.58. The first-order valence-electron chi connectivity index (χ1n) is 5.30. The van der Waals surface area contributed by atoms with Crippen molar-refractivity contribution in [2.75, 3.05) is 6.54 Å². The summed E-state index contributed by atoms with van der Waals surface area (Å²) < 4.78 is 0. The molecular formula is C11H17ClN2OS. The largest absolute Gasteiger partial charge is 0.348 e. The Balaban J connectivity index is 0.00000128. The molecule has 0 spiro atoms. The zero-order valence-electron chi connectivity index (χ0n) is 9.23. The number of thiophene rings is 1. The first-order valence-corrected chi connectivity index (χ1v) is 6.18. The van der Waals surface area contributed by atoms with E-state index >= 15 is 0 Å². The maximum Gasteiger partial charge on any atom is 0.261 e. The van der Waals surface area contributed by atoms with Crippen LogP contribution in [0, 0.1) is 0 Å². The van der Waals surface area contributed by atoms with Gasteiger partial charge in [0, 0.05) is 12.6 Å². The Morgan fingerprint density at radius 2 is 2.38 bits per heavy atom. The number of hydrogen-bond acceptors (Lipinski definition) is 3. The Hall–Kier alpha value is -0.580. The van der Waals surface area contributed by atoms with Gasteiger partial charge in [-0.25, -0.2) is 0 Å². The molecule has 1 amide bonds. The smallest absolute Gasteiger partial charge is 0.261 e. The minimum absolute atomic E-state index is 0. The van der Waals surface area contributed by atoms with Crippen LogP contribution in [0.3, 0.4) is 0 Å². The Morgan fingerprint density at radius 3 is 2.94 bits per heavy atom. The fourth-order valence-electron chi connectivity index (χ4n) is 1.57. The van der Waals surface area contributed by atoms with Crippen molar-refractivity contribution in [1.29, 1.82) is 0 Å². The van der Waals surface area contributed by atoms with E-state index in [-0.39, 0.29) is 24.4 Å². The van der Waals surface area contributed by atoms with Crippen LogP contribution in [0.25, 0.3) is 0 Å². The van der Waals surface area contributed by atoms with Gasteiger partial charge >= 0.3 is 0 Å². The van der Waals surface area contributed by atoms with Gasteiger partial charge in [-0.15, -0.1) is 23.7 Å². The monoisotopic (exact) mass is 260 g/mol. The Bertz CT molecular complexity index is 363. The van der Waals surface area contributed by atoms with E-state index < -0.39 is 0 Å². The number of nitrogens with one attached hydrogen (secondary N) is 1. The molecule has 3 nitrogen and oxygen atoms in total. The van der Waals surface area contributed by atoms with Crippen LogP contribution in [-0.2, 0) is 0 Å². The number of halogens is 1. The normalized spacial score (nSPS) is 16.4. The molecule has 3 N–H and O–H groups in total. The molecule has 0 unspecified atom stereocenters. The van der Waals surface area contributed by atoms with Gasteiger partial charge in [0.1, 0.15) is 0 Å². The third-order valence-electron chi connectivity index (χ3n) is 2.65. The summed E-state index contributed by atoms with van der Waals surface area (Å²) in [5, 5.41) is 4.90. The van der Waals surface area contributed by atoms with Gasteiger partial charge in [0.2, 0.25) is 0 Å². The van der Waals surface area contributed by atoms with Crippen LogP contribution in [0.15, 0.2) is 11.4 Å². The third kappa shape index (κ3) is 2.97. The van der Waals surface area contributed by atoms with E-state index in [0.29, 0.717) is 12.5 Å². The van der Waals surface area contributed by atoms with Crippen molar-refractivity contribution in [2.24, 2.45) is 5.73 Å². The molecule has 0 radical (unpaired) electrons. The molecule has 1 aliphatic rings. The molecule has 1 heterocycles. The number of rotatable bonds is 4. The van der Waals surface area contributed by atoms with Crippen LogP contribution in [0.1, 0.15) is 40.9 Å². The molecule has 1 aromatic rings. The summed E-state index contributed by atoms with van der Waals surface area (Å²) in [7, 11) is 0. The molecule has 1 aromatic heterocycles. The second-order valence-corrected chi connectivity index (χ2v) is 5.01. The van der Waals surface area contributed by atoms with Gasteiger partial charge in [-0.3, -0.25) is 4.79 Å². The lowest BCUT2D eigenvalue weighted by atomic mass is 10.1. The Labute approximate surface area is 106 Å². The van der Waals surface area contributed by atoms with Crippen molar-refractivity contribution < 1.29 is 4.79 Å². The highest BCUT2D eigenvalue weighted by molar-refractivity contribution is 7.12. The lowest BCUT2D eigenvalue weighted by molar-refractivity contribution is 0.0944. The molecule has 2 rings (SSSR count). The first kappa shape index (κ1) is 13.5. The molecule has 0 saturated heterocycles. The van der Waals surface area contributed by atoms with E-state index in [9.17, 15) is 4.79 Å². The molecule has 90 valence electrons. The van der Waals surface area contributed by atoms with Crippen molar-refractivity contribution in [1.82, 2.24) is 5.32 Å². The lowest BCUT2D eigenvalue weighted by Crippen LogP contribution is -2.37. The fraction of sp³-hybridized carbons (Fsp3) is 0.545. The van der Waals surface area contributed by atoms with Gasteiger partial charge in [-0.05, 0) is 42.7 Å². The lowest BCUT2D eigenvalue weighted by Gasteiger charge is -2.11. The van der Waals surface area contributed by atoms with Gasteiger partial charge in [0.05, 0.1) is 4.88 Å². The summed E-state index contributed by atoms with van der Waals surface area (Å²) >= 11 is 1.53. The van der Waals surface area contributed by atoms with E-state index in [0.717, 1.165) is 4.88 Å². The molecule has 5 heteroatoms. The van der Waals surface area contributed by atoms with Crippen LogP contribution in [0.4, 0.5) is 0 Å².